The molecule has 0 aliphatic carbocycles. The van der Waals surface area contributed by atoms with Crippen molar-refractivity contribution in [1.29, 1.82) is 0 Å². The third kappa shape index (κ3) is 4.93. The number of oxazole rings is 1. The molecule has 0 saturated heterocycles. The highest BCUT2D eigenvalue weighted by Gasteiger charge is 2.19. The van der Waals surface area contributed by atoms with Crippen molar-refractivity contribution < 1.29 is 4.42 Å². The van der Waals surface area contributed by atoms with Crippen molar-refractivity contribution >= 4 is 53.4 Å². The second-order valence-electron chi connectivity index (χ2n) is 12.3. The fourth-order valence-electron chi connectivity index (χ4n) is 6.67. The molecule has 0 aliphatic rings. The van der Waals surface area contributed by atoms with Gasteiger partial charge >= 0.3 is 0 Å². The zero-order chi connectivity index (χ0) is 33.0. The Morgan fingerprint density at radius 2 is 1.04 bits per heavy atom. The van der Waals surface area contributed by atoms with E-state index in [-0.39, 0.29) is 0 Å². The van der Waals surface area contributed by atoms with Gasteiger partial charge in [-0.15, -0.1) is 11.3 Å². The van der Waals surface area contributed by atoms with Crippen LogP contribution in [0, 0.1) is 0 Å². The van der Waals surface area contributed by atoms with Crippen molar-refractivity contribution in [3.8, 4) is 56.7 Å². The predicted molar refractivity (Wildman–Crippen MR) is 205 cm³/mol. The Bertz CT molecular complexity index is 2860. The van der Waals surface area contributed by atoms with Gasteiger partial charge in [-0.2, -0.15) is 0 Å². The lowest BCUT2D eigenvalue weighted by Crippen LogP contribution is -2.00. The summed E-state index contributed by atoms with van der Waals surface area (Å²) in [6.07, 6.45) is 0. The molecule has 5 nitrogen and oxygen atoms in total. The summed E-state index contributed by atoms with van der Waals surface area (Å²) in [6.45, 7) is 0. The first-order valence-corrected chi connectivity index (χ1v) is 17.3. The molecule has 3 aromatic heterocycles. The lowest BCUT2D eigenvalue weighted by atomic mass is 10.00. The number of benzene rings is 7. The summed E-state index contributed by atoms with van der Waals surface area (Å²) in [5, 5.41) is 4.47. The monoisotopic (exact) mass is 658 g/mol. The van der Waals surface area contributed by atoms with Gasteiger partial charge < -0.3 is 4.42 Å². The Morgan fingerprint density at radius 1 is 0.420 bits per heavy atom. The molecule has 10 aromatic rings. The average Bonchev–Trinajstić information content (AvgIpc) is 3.78. The third-order valence-electron chi connectivity index (χ3n) is 9.14. The number of aromatic nitrogens is 4. The predicted octanol–water partition coefficient (Wildman–Crippen LogP) is 11.9. The first-order valence-electron chi connectivity index (χ1n) is 16.5. The van der Waals surface area contributed by atoms with Gasteiger partial charge in [-0.3, -0.25) is 0 Å². The summed E-state index contributed by atoms with van der Waals surface area (Å²) < 4.78 is 8.58. The van der Waals surface area contributed by atoms with E-state index in [0.717, 1.165) is 64.3 Å². The molecule has 234 valence electrons. The highest BCUT2D eigenvalue weighted by Crippen LogP contribution is 2.42. The van der Waals surface area contributed by atoms with Crippen molar-refractivity contribution in [2.75, 3.05) is 0 Å². The van der Waals surface area contributed by atoms with Crippen molar-refractivity contribution in [2.45, 2.75) is 0 Å². The normalized spacial score (nSPS) is 11.6. The number of fused-ring (bicyclic) bond motifs is 5. The summed E-state index contributed by atoms with van der Waals surface area (Å²) >= 11 is 1.74. The van der Waals surface area contributed by atoms with Crippen LogP contribution in [-0.4, -0.2) is 19.9 Å². The van der Waals surface area contributed by atoms with E-state index < -0.39 is 0 Å². The molecule has 10 rings (SSSR count). The lowest BCUT2D eigenvalue weighted by molar-refractivity contribution is 0.620. The first kappa shape index (κ1) is 28.5. The zero-order valence-electron chi connectivity index (χ0n) is 26.6. The van der Waals surface area contributed by atoms with Crippen LogP contribution in [0.25, 0.3) is 98.8 Å². The zero-order valence-corrected chi connectivity index (χ0v) is 27.4. The second-order valence-corrected chi connectivity index (χ2v) is 13.4. The standard InChI is InChI=1S/C44H26N4OS/c1-4-11-27(12-5-1)30-19-20-32-24-33(22-21-31(32)23-30)42-46-41(28-13-6-2-7-14-28)47-43(48-42)34-17-10-18-38-40(34)35-25-37-36(26-39(35)50-38)45-44(49-37)29-15-8-3-9-16-29/h1-26H. The number of hydrogen-bond acceptors (Lipinski definition) is 6. The number of hydrogen-bond donors (Lipinski definition) is 0. The van der Waals surface area contributed by atoms with Gasteiger partial charge in [-0.05, 0) is 64.4 Å². The SMILES string of the molecule is c1ccc(-c2ccc3cc(-c4nc(-c5ccccc5)nc(-c5cccc6sc7cc8nc(-c9ccccc9)oc8cc7c56)n4)ccc3c2)cc1. The highest BCUT2D eigenvalue weighted by atomic mass is 32.1. The summed E-state index contributed by atoms with van der Waals surface area (Å²) in [6, 6.07) is 54.2. The lowest BCUT2D eigenvalue weighted by Gasteiger charge is -2.10. The second kappa shape index (κ2) is 11.6. The Hall–Kier alpha value is -6.50. The molecule has 3 heterocycles. The molecule has 0 N–H and O–H groups in total. The number of nitrogens with zero attached hydrogens (tertiary/aromatic N) is 4. The summed E-state index contributed by atoms with van der Waals surface area (Å²) in [5.74, 6) is 2.50. The first-order chi connectivity index (χ1) is 24.7. The van der Waals surface area contributed by atoms with Crippen LogP contribution in [-0.2, 0) is 0 Å². The molecule has 6 heteroatoms. The molecule has 0 amide bonds. The van der Waals surface area contributed by atoms with E-state index in [1.807, 2.05) is 66.7 Å². The maximum atomic E-state index is 6.30. The molecule has 0 saturated carbocycles. The van der Waals surface area contributed by atoms with Gasteiger partial charge in [0.05, 0.1) is 0 Å². The Morgan fingerprint density at radius 3 is 1.78 bits per heavy atom. The van der Waals surface area contributed by atoms with E-state index in [1.54, 1.807) is 11.3 Å². The Kier molecular flexibility index (Phi) is 6.60. The molecular weight excluding hydrogens is 633 g/mol. The molecule has 0 fully saturated rings. The van der Waals surface area contributed by atoms with Gasteiger partial charge in [0.15, 0.2) is 23.1 Å². The number of thiophene rings is 1. The quantitative estimate of drug-likeness (QED) is 0.184. The fraction of sp³-hybridized carbons (Fsp3) is 0. The van der Waals surface area contributed by atoms with Crippen molar-refractivity contribution in [3.63, 3.8) is 0 Å². The van der Waals surface area contributed by atoms with Gasteiger partial charge in [-0.25, -0.2) is 19.9 Å². The van der Waals surface area contributed by atoms with Crippen LogP contribution in [0.4, 0.5) is 0 Å². The van der Waals surface area contributed by atoms with Gasteiger partial charge in [0.2, 0.25) is 5.89 Å². The van der Waals surface area contributed by atoms with E-state index >= 15 is 0 Å². The van der Waals surface area contributed by atoms with Gasteiger partial charge in [-0.1, -0.05) is 115 Å². The van der Waals surface area contributed by atoms with Gasteiger partial charge in [0, 0.05) is 42.4 Å². The van der Waals surface area contributed by atoms with Gasteiger partial charge in [0.25, 0.3) is 0 Å². The Balaban J connectivity index is 1.14. The molecule has 50 heavy (non-hydrogen) atoms. The van der Waals surface area contributed by atoms with Crippen LogP contribution in [0.15, 0.2) is 162 Å². The minimum absolute atomic E-state index is 0.615. The minimum atomic E-state index is 0.615. The van der Waals surface area contributed by atoms with Crippen LogP contribution in [0.3, 0.4) is 0 Å². The molecular formula is C44H26N4OS. The maximum absolute atomic E-state index is 6.30. The largest absolute Gasteiger partial charge is 0.436 e. The van der Waals surface area contributed by atoms with Crippen molar-refractivity contribution in [3.05, 3.63) is 158 Å². The van der Waals surface area contributed by atoms with Crippen LogP contribution >= 0.6 is 11.3 Å². The molecule has 0 aliphatic heterocycles. The van der Waals surface area contributed by atoms with E-state index in [2.05, 4.69) is 91.0 Å². The molecule has 0 bridgehead atoms. The van der Waals surface area contributed by atoms with Crippen LogP contribution < -0.4 is 0 Å². The third-order valence-corrected chi connectivity index (χ3v) is 10.3. The van der Waals surface area contributed by atoms with Gasteiger partial charge in [0.1, 0.15) is 5.52 Å². The molecule has 0 atom stereocenters. The molecule has 0 spiro atoms. The smallest absolute Gasteiger partial charge is 0.227 e. The topological polar surface area (TPSA) is 64.7 Å². The van der Waals surface area contributed by atoms with Crippen molar-refractivity contribution in [1.82, 2.24) is 19.9 Å². The summed E-state index contributed by atoms with van der Waals surface area (Å²) in [7, 11) is 0. The van der Waals surface area contributed by atoms with E-state index in [1.165, 1.54) is 11.1 Å². The van der Waals surface area contributed by atoms with Crippen molar-refractivity contribution in [2.24, 2.45) is 0 Å². The maximum Gasteiger partial charge on any atom is 0.227 e. The molecule has 0 radical (unpaired) electrons. The average molecular weight is 659 g/mol. The van der Waals surface area contributed by atoms with Crippen LogP contribution in [0.2, 0.25) is 0 Å². The number of rotatable bonds is 5. The van der Waals surface area contributed by atoms with Crippen LogP contribution in [0.1, 0.15) is 0 Å². The Labute approximate surface area is 291 Å². The summed E-state index contributed by atoms with van der Waals surface area (Å²) in [4.78, 5) is 20.1. The fourth-order valence-corrected chi connectivity index (χ4v) is 7.82. The highest BCUT2D eigenvalue weighted by molar-refractivity contribution is 7.26. The minimum Gasteiger partial charge on any atom is -0.436 e. The van der Waals surface area contributed by atoms with E-state index in [4.69, 9.17) is 24.4 Å². The molecule has 0 unspecified atom stereocenters. The van der Waals surface area contributed by atoms with E-state index in [0.29, 0.717) is 23.4 Å². The van der Waals surface area contributed by atoms with Crippen LogP contribution in [0.5, 0.6) is 0 Å². The summed E-state index contributed by atoms with van der Waals surface area (Å²) in [5.41, 5.74) is 7.75. The van der Waals surface area contributed by atoms with E-state index in [9.17, 15) is 0 Å². The molecule has 7 aromatic carbocycles.